The third-order valence-electron chi connectivity index (χ3n) is 5.30. The van der Waals surface area contributed by atoms with Crippen LogP contribution in [-0.4, -0.2) is 44.9 Å². The molecule has 0 unspecified atom stereocenters. The summed E-state index contributed by atoms with van der Waals surface area (Å²) in [5.74, 6) is 1.33. The maximum absolute atomic E-state index is 12.8. The lowest BCUT2D eigenvalue weighted by Crippen LogP contribution is -2.37. The Bertz CT molecular complexity index is 997. The molecule has 0 bridgehead atoms. The number of benzene rings is 2. The van der Waals surface area contributed by atoms with Crippen LogP contribution < -0.4 is 14.8 Å². The Morgan fingerprint density at radius 1 is 1.00 bits per heavy atom. The fourth-order valence-electron chi connectivity index (χ4n) is 3.48. The third-order valence-corrected chi connectivity index (χ3v) is 7.21. The van der Waals surface area contributed by atoms with Gasteiger partial charge in [0.15, 0.2) is 11.5 Å². The summed E-state index contributed by atoms with van der Waals surface area (Å²) < 4.78 is 38.3. The fraction of sp³-hybridized carbons (Fsp3) is 0.435. The van der Waals surface area contributed by atoms with Gasteiger partial charge in [0.1, 0.15) is 0 Å². The Morgan fingerprint density at radius 2 is 1.61 bits per heavy atom. The number of hydrogen-bond donors (Lipinski definition) is 1. The second kappa shape index (κ2) is 10.2. The zero-order valence-corrected chi connectivity index (χ0v) is 19.1. The first-order valence-electron chi connectivity index (χ1n) is 10.7. The largest absolute Gasteiger partial charge is 0.490 e. The van der Waals surface area contributed by atoms with Crippen LogP contribution in [0.1, 0.15) is 44.0 Å². The predicted octanol–water partition coefficient (Wildman–Crippen LogP) is 4.16. The van der Waals surface area contributed by atoms with Crippen molar-refractivity contribution in [1.82, 2.24) is 4.31 Å². The normalized spacial score (nSPS) is 15.5. The van der Waals surface area contributed by atoms with Crippen LogP contribution in [0.25, 0.3) is 0 Å². The molecule has 7 nitrogen and oxygen atoms in total. The Balaban J connectivity index is 1.71. The number of carbonyl (C=O) groups excluding carboxylic acids is 1. The first-order chi connectivity index (χ1) is 14.8. The molecule has 0 aliphatic carbocycles. The summed E-state index contributed by atoms with van der Waals surface area (Å²) in [6, 6.07) is 11.3. The molecule has 0 aromatic heterocycles. The van der Waals surface area contributed by atoms with Crippen LogP contribution in [0, 0.1) is 5.92 Å². The first-order valence-corrected chi connectivity index (χ1v) is 12.1. The highest BCUT2D eigenvalue weighted by Crippen LogP contribution is 2.29. The molecule has 1 amide bonds. The molecule has 31 heavy (non-hydrogen) atoms. The van der Waals surface area contributed by atoms with Crippen LogP contribution in [0.2, 0.25) is 0 Å². The molecule has 0 radical (unpaired) electrons. The van der Waals surface area contributed by atoms with Gasteiger partial charge in [0.05, 0.1) is 18.1 Å². The van der Waals surface area contributed by atoms with Crippen LogP contribution in [-0.2, 0) is 10.0 Å². The molecule has 0 atom stereocenters. The average Bonchev–Trinajstić information content (AvgIpc) is 2.76. The van der Waals surface area contributed by atoms with E-state index in [1.165, 1.54) is 16.4 Å². The second-order valence-corrected chi connectivity index (χ2v) is 9.53. The van der Waals surface area contributed by atoms with Crippen molar-refractivity contribution < 1.29 is 22.7 Å². The van der Waals surface area contributed by atoms with Gasteiger partial charge in [-0.2, -0.15) is 4.31 Å². The molecule has 2 aromatic rings. The van der Waals surface area contributed by atoms with E-state index < -0.39 is 10.0 Å². The molecular weight excluding hydrogens is 416 g/mol. The average molecular weight is 447 g/mol. The first kappa shape index (κ1) is 23.1. The Morgan fingerprint density at radius 3 is 2.23 bits per heavy atom. The minimum atomic E-state index is -3.51. The maximum Gasteiger partial charge on any atom is 0.255 e. The number of nitrogens with zero attached hydrogens (tertiary/aromatic N) is 1. The van der Waals surface area contributed by atoms with Gasteiger partial charge < -0.3 is 14.8 Å². The van der Waals surface area contributed by atoms with Gasteiger partial charge in [-0.05, 0) is 75.1 Å². The zero-order valence-electron chi connectivity index (χ0n) is 18.3. The van der Waals surface area contributed by atoms with Crippen molar-refractivity contribution in [3.05, 3.63) is 48.0 Å². The highest BCUT2D eigenvalue weighted by molar-refractivity contribution is 7.89. The van der Waals surface area contributed by atoms with Crippen LogP contribution in [0.5, 0.6) is 11.5 Å². The van der Waals surface area contributed by atoms with Crippen LogP contribution >= 0.6 is 0 Å². The molecule has 1 aliphatic heterocycles. The van der Waals surface area contributed by atoms with Gasteiger partial charge in [-0.15, -0.1) is 0 Å². The van der Waals surface area contributed by atoms with Gasteiger partial charge in [-0.3, -0.25) is 4.79 Å². The minimum absolute atomic E-state index is 0.236. The van der Waals surface area contributed by atoms with Crippen LogP contribution in [0.15, 0.2) is 47.4 Å². The molecule has 1 heterocycles. The smallest absolute Gasteiger partial charge is 0.255 e. The summed E-state index contributed by atoms with van der Waals surface area (Å²) in [5.41, 5.74) is 0.939. The summed E-state index contributed by atoms with van der Waals surface area (Å²) in [6.07, 6.45) is 1.75. The second-order valence-electron chi connectivity index (χ2n) is 7.59. The van der Waals surface area contributed by atoms with Crippen molar-refractivity contribution in [3.8, 4) is 11.5 Å². The monoisotopic (exact) mass is 446 g/mol. The number of ether oxygens (including phenoxy) is 2. The van der Waals surface area contributed by atoms with Crippen molar-refractivity contribution in [2.75, 3.05) is 31.6 Å². The van der Waals surface area contributed by atoms with Crippen molar-refractivity contribution in [2.45, 2.75) is 38.5 Å². The molecule has 8 heteroatoms. The van der Waals surface area contributed by atoms with Gasteiger partial charge in [0, 0.05) is 24.3 Å². The summed E-state index contributed by atoms with van der Waals surface area (Å²) >= 11 is 0. The summed E-state index contributed by atoms with van der Waals surface area (Å²) in [6.45, 7) is 7.93. The fourth-order valence-corrected chi connectivity index (χ4v) is 4.95. The highest BCUT2D eigenvalue weighted by atomic mass is 32.2. The van der Waals surface area contributed by atoms with E-state index in [2.05, 4.69) is 12.2 Å². The third kappa shape index (κ3) is 5.57. The lowest BCUT2D eigenvalue weighted by atomic mass is 10.0. The lowest BCUT2D eigenvalue weighted by Gasteiger charge is -2.29. The van der Waals surface area contributed by atoms with E-state index >= 15 is 0 Å². The SMILES string of the molecule is CCOc1ccc(C(=O)Nc2ccc(S(=O)(=O)N3CCC(C)CC3)cc2)cc1OCC. The maximum atomic E-state index is 12.8. The lowest BCUT2D eigenvalue weighted by molar-refractivity contribution is 0.102. The number of sulfonamides is 1. The number of hydrogen-bond acceptors (Lipinski definition) is 5. The van der Waals surface area contributed by atoms with Gasteiger partial charge in [-0.1, -0.05) is 6.92 Å². The topological polar surface area (TPSA) is 84.9 Å². The zero-order chi connectivity index (χ0) is 22.4. The number of nitrogens with one attached hydrogen (secondary N) is 1. The van der Waals surface area contributed by atoms with E-state index in [4.69, 9.17) is 9.47 Å². The molecule has 0 saturated carbocycles. The van der Waals surface area contributed by atoms with Gasteiger partial charge in [0.25, 0.3) is 5.91 Å². The van der Waals surface area contributed by atoms with E-state index in [-0.39, 0.29) is 10.8 Å². The van der Waals surface area contributed by atoms with Gasteiger partial charge in [0.2, 0.25) is 10.0 Å². The molecule has 168 valence electrons. The van der Waals surface area contributed by atoms with E-state index in [1.54, 1.807) is 30.3 Å². The standard InChI is InChI=1S/C23H30N2O5S/c1-4-29-21-11-6-18(16-22(21)30-5-2)23(26)24-19-7-9-20(10-8-19)31(27,28)25-14-12-17(3)13-15-25/h6-11,16-17H,4-5,12-15H2,1-3H3,(H,24,26). The predicted molar refractivity (Wildman–Crippen MR) is 120 cm³/mol. The molecular formula is C23H30N2O5S. The van der Waals surface area contributed by atoms with E-state index in [0.717, 1.165) is 12.8 Å². The molecule has 1 N–H and O–H groups in total. The van der Waals surface area contributed by atoms with Crippen molar-refractivity contribution in [2.24, 2.45) is 5.92 Å². The minimum Gasteiger partial charge on any atom is -0.490 e. The Labute approximate surface area is 184 Å². The molecule has 2 aromatic carbocycles. The van der Waals surface area contributed by atoms with Gasteiger partial charge in [-0.25, -0.2) is 8.42 Å². The number of carbonyl (C=O) groups is 1. The van der Waals surface area contributed by atoms with Crippen molar-refractivity contribution in [3.63, 3.8) is 0 Å². The molecule has 0 spiro atoms. The Hall–Kier alpha value is -2.58. The summed E-state index contributed by atoms with van der Waals surface area (Å²) in [4.78, 5) is 12.9. The van der Waals surface area contributed by atoms with Crippen molar-refractivity contribution in [1.29, 1.82) is 0 Å². The summed E-state index contributed by atoms with van der Waals surface area (Å²) in [5, 5.41) is 2.80. The van der Waals surface area contributed by atoms with Gasteiger partial charge >= 0.3 is 0 Å². The molecule has 1 fully saturated rings. The molecule has 3 rings (SSSR count). The quantitative estimate of drug-likeness (QED) is 0.658. The highest BCUT2D eigenvalue weighted by Gasteiger charge is 2.28. The Kier molecular flexibility index (Phi) is 7.56. The van der Waals surface area contributed by atoms with E-state index in [9.17, 15) is 13.2 Å². The number of rotatable bonds is 8. The molecule has 1 saturated heterocycles. The van der Waals surface area contributed by atoms with E-state index in [0.29, 0.717) is 55.0 Å². The molecule has 1 aliphatic rings. The number of amides is 1. The number of anilines is 1. The van der Waals surface area contributed by atoms with Crippen LogP contribution in [0.3, 0.4) is 0 Å². The van der Waals surface area contributed by atoms with E-state index in [1.807, 2.05) is 13.8 Å². The van der Waals surface area contributed by atoms with Crippen LogP contribution in [0.4, 0.5) is 5.69 Å². The summed E-state index contributed by atoms with van der Waals surface area (Å²) in [7, 11) is -3.51. The van der Waals surface area contributed by atoms with Crippen molar-refractivity contribution >= 4 is 21.6 Å². The number of piperidine rings is 1.